The number of ether oxygens (including phenoxy) is 1. The van der Waals surface area contributed by atoms with Crippen LogP contribution in [0.15, 0.2) is 66.9 Å². The van der Waals surface area contributed by atoms with E-state index >= 15 is 0 Å². The van der Waals surface area contributed by atoms with E-state index in [0.29, 0.717) is 0 Å². The lowest BCUT2D eigenvalue weighted by molar-refractivity contribution is -0.659. The fourth-order valence-electron chi connectivity index (χ4n) is 5.34. The zero-order chi connectivity index (χ0) is 22.9. The van der Waals surface area contributed by atoms with E-state index in [1.165, 1.54) is 43.9 Å². The largest absolute Gasteiger partial charge is 0.456 e. The van der Waals surface area contributed by atoms with Crippen LogP contribution >= 0.6 is 0 Å². The summed E-state index contributed by atoms with van der Waals surface area (Å²) in [6, 6.07) is 24.0. The van der Waals surface area contributed by atoms with Gasteiger partial charge in [0.2, 0.25) is 5.69 Å². The minimum absolute atomic E-state index is 0.395. The van der Waals surface area contributed by atoms with E-state index in [0.717, 1.165) is 28.7 Å². The lowest BCUT2D eigenvalue weighted by atomic mass is 9.86. The minimum atomic E-state index is -0.395. The van der Waals surface area contributed by atoms with Crippen molar-refractivity contribution in [3.63, 3.8) is 0 Å². The standard InChI is InChI=1S/C30H25N2O/c1-18-22-8-6-5-7-20(22)14-25-27(18)29-28-24(11-12-32(29)4)23-10-9-19(16-30(2,3)17-31)13-21(23)15-26(28)33-25/h5-15H,16H2,1-4H3/q+1. The molecule has 160 valence electrons. The Hall–Kier alpha value is -3.90. The van der Waals surface area contributed by atoms with Crippen LogP contribution in [0.1, 0.15) is 25.0 Å². The molecule has 3 heteroatoms. The van der Waals surface area contributed by atoms with Gasteiger partial charge in [-0.2, -0.15) is 5.26 Å². The highest BCUT2D eigenvalue weighted by Gasteiger charge is 2.31. The molecule has 0 saturated heterocycles. The van der Waals surface area contributed by atoms with Crippen molar-refractivity contribution in [3.8, 4) is 28.8 Å². The summed E-state index contributed by atoms with van der Waals surface area (Å²) in [6.45, 7) is 6.17. The van der Waals surface area contributed by atoms with E-state index in [2.05, 4.69) is 91.5 Å². The highest BCUT2D eigenvalue weighted by atomic mass is 16.5. The number of nitrogens with zero attached hydrogens (tertiary/aromatic N) is 2. The first kappa shape index (κ1) is 19.8. The number of fused-ring (bicyclic) bond motifs is 5. The van der Waals surface area contributed by atoms with Gasteiger partial charge in [0.15, 0.2) is 6.20 Å². The predicted molar refractivity (Wildman–Crippen MR) is 133 cm³/mol. The number of pyridine rings is 1. The van der Waals surface area contributed by atoms with Crippen LogP contribution in [0.5, 0.6) is 11.5 Å². The molecule has 0 aliphatic carbocycles. The summed E-state index contributed by atoms with van der Waals surface area (Å²) in [7, 11) is 2.11. The van der Waals surface area contributed by atoms with E-state index in [1.54, 1.807) is 0 Å². The molecular weight excluding hydrogens is 404 g/mol. The van der Waals surface area contributed by atoms with Crippen LogP contribution < -0.4 is 9.30 Å². The smallest absolute Gasteiger partial charge is 0.228 e. The second kappa shape index (κ2) is 6.80. The van der Waals surface area contributed by atoms with Crippen LogP contribution in [0.2, 0.25) is 0 Å². The molecule has 1 aliphatic heterocycles. The van der Waals surface area contributed by atoms with Crippen molar-refractivity contribution in [1.29, 1.82) is 5.26 Å². The van der Waals surface area contributed by atoms with E-state index in [9.17, 15) is 5.26 Å². The molecule has 1 aromatic heterocycles. The molecule has 0 unspecified atom stereocenters. The Balaban J connectivity index is 1.67. The molecule has 1 aliphatic rings. The predicted octanol–water partition coefficient (Wildman–Crippen LogP) is 7.14. The zero-order valence-corrected chi connectivity index (χ0v) is 19.4. The third-order valence-corrected chi connectivity index (χ3v) is 6.94. The number of nitriles is 1. The third kappa shape index (κ3) is 2.91. The molecule has 2 heterocycles. The molecule has 5 aromatic rings. The van der Waals surface area contributed by atoms with Crippen molar-refractivity contribution >= 4 is 32.3 Å². The first-order chi connectivity index (χ1) is 15.9. The zero-order valence-electron chi connectivity index (χ0n) is 19.4. The summed E-state index contributed by atoms with van der Waals surface area (Å²) in [5, 5.41) is 16.6. The van der Waals surface area contributed by atoms with Gasteiger partial charge in [0, 0.05) is 11.5 Å². The van der Waals surface area contributed by atoms with Crippen molar-refractivity contribution in [2.75, 3.05) is 0 Å². The van der Waals surface area contributed by atoms with Crippen molar-refractivity contribution < 1.29 is 9.30 Å². The summed E-state index contributed by atoms with van der Waals surface area (Å²) >= 11 is 0. The average molecular weight is 430 g/mol. The van der Waals surface area contributed by atoms with Gasteiger partial charge in [-0.15, -0.1) is 0 Å². The number of aromatic nitrogens is 1. The molecule has 3 nitrogen and oxygen atoms in total. The molecule has 4 aromatic carbocycles. The van der Waals surface area contributed by atoms with Crippen molar-refractivity contribution in [3.05, 3.63) is 78.0 Å². The van der Waals surface area contributed by atoms with Gasteiger partial charge in [0.05, 0.1) is 22.4 Å². The maximum Gasteiger partial charge on any atom is 0.228 e. The van der Waals surface area contributed by atoms with Gasteiger partial charge in [-0.3, -0.25) is 0 Å². The van der Waals surface area contributed by atoms with Gasteiger partial charge in [-0.1, -0.05) is 42.5 Å². The Bertz CT molecular complexity index is 1670. The van der Waals surface area contributed by atoms with Crippen molar-refractivity contribution in [1.82, 2.24) is 0 Å². The number of benzene rings is 4. The normalized spacial score (nSPS) is 12.6. The Morgan fingerprint density at radius 3 is 2.52 bits per heavy atom. The van der Waals surface area contributed by atoms with E-state index < -0.39 is 5.41 Å². The quantitative estimate of drug-likeness (QED) is 0.217. The molecule has 0 fully saturated rings. The monoisotopic (exact) mass is 429 g/mol. The van der Waals surface area contributed by atoms with Crippen LogP contribution in [0.25, 0.3) is 43.6 Å². The molecular formula is C30H25N2O+. The van der Waals surface area contributed by atoms with Gasteiger partial charge >= 0.3 is 0 Å². The summed E-state index contributed by atoms with van der Waals surface area (Å²) in [4.78, 5) is 0. The summed E-state index contributed by atoms with van der Waals surface area (Å²) in [5.41, 5.74) is 4.38. The second-order valence-corrected chi connectivity index (χ2v) is 9.86. The Labute approximate surface area is 193 Å². The number of aryl methyl sites for hydroxylation is 2. The highest BCUT2D eigenvalue weighted by molar-refractivity contribution is 6.16. The molecule has 0 N–H and O–H groups in total. The van der Waals surface area contributed by atoms with Gasteiger partial charge in [-0.25, -0.2) is 4.57 Å². The SMILES string of the molecule is Cc1c2c(cc3ccccc13)Oc1cc3cc(CC(C)(C)C#N)ccc3c3cc[n+](C)c-2c13. The maximum atomic E-state index is 9.47. The number of hydrogen-bond donors (Lipinski definition) is 0. The topological polar surface area (TPSA) is 36.9 Å². The number of hydrogen-bond acceptors (Lipinski definition) is 2. The minimum Gasteiger partial charge on any atom is -0.456 e. The van der Waals surface area contributed by atoms with Crippen LogP contribution in [0.4, 0.5) is 0 Å². The van der Waals surface area contributed by atoms with Crippen molar-refractivity contribution in [2.24, 2.45) is 12.5 Å². The number of rotatable bonds is 2. The highest BCUT2D eigenvalue weighted by Crippen LogP contribution is 2.49. The third-order valence-electron chi connectivity index (χ3n) is 6.94. The molecule has 6 rings (SSSR count). The molecule has 0 bridgehead atoms. The lowest BCUT2D eigenvalue weighted by Crippen LogP contribution is -2.31. The Morgan fingerprint density at radius 2 is 1.70 bits per heavy atom. The molecule has 0 atom stereocenters. The Kier molecular flexibility index (Phi) is 4.07. The van der Waals surface area contributed by atoms with Crippen LogP contribution in [0, 0.1) is 23.7 Å². The van der Waals surface area contributed by atoms with Crippen LogP contribution in [0.3, 0.4) is 0 Å². The fourth-order valence-corrected chi connectivity index (χ4v) is 5.34. The maximum absolute atomic E-state index is 9.47. The van der Waals surface area contributed by atoms with Gasteiger partial charge < -0.3 is 4.74 Å². The Morgan fingerprint density at radius 1 is 0.909 bits per heavy atom. The summed E-state index contributed by atoms with van der Waals surface area (Å²) < 4.78 is 8.81. The molecule has 0 spiro atoms. The molecule has 0 saturated carbocycles. The van der Waals surface area contributed by atoms with E-state index in [-0.39, 0.29) is 0 Å². The first-order valence-corrected chi connectivity index (χ1v) is 11.4. The molecule has 0 amide bonds. The van der Waals surface area contributed by atoms with Gasteiger partial charge in [0.1, 0.15) is 18.5 Å². The van der Waals surface area contributed by atoms with Crippen molar-refractivity contribution in [2.45, 2.75) is 27.2 Å². The van der Waals surface area contributed by atoms with Crippen LogP contribution in [-0.4, -0.2) is 0 Å². The van der Waals surface area contributed by atoms with Crippen LogP contribution in [-0.2, 0) is 13.5 Å². The van der Waals surface area contributed by atoms with E-state index in [4.69, 9.17) is 4.74 Å². The fraction of sp³-hybridized carbons (Fsp3) is 0.200. The summed E-state index contributed by atoms with van der Waals surface area (Å²) in [6.07, 6.45) is 2.87. The molecule has 0 radical (unpaired) electrons. The van der Waals surface area contributed by atoms with Gasteiger partial charge in [-0.05, 0) is 72.0 Å². The summed E-state index contributed by atoms with van der Waals surface area (Å²) in [5.74, 6) is 1.80. The molecule has 33 heavy (non-hydrogen) atoms. The van der Waals surface area contributed by atoms with E-state index in [1.807, 2.05) is 13.8 Å². The first-order valence-electron chi connectivity index (χ1n) is 11.4. The second-order valence-electron chi connectivity index (χ2n) is 9.86. The average Bonchev–Trinajstić information content (AvgIpc) is 2.80. The van der Waals surface area contributed by atoms with Gasteiger partial charge in [0.25, 0.3) is 0 Å². The lowest BCUT2D eigenvalue weighted by Gasteiger charge is -2.23.